The second kappa shape index (κ2) is 9.55. The third-order valence-electron chi connectivity index (χ3n) is 3.97. The van der Waals surface area contributed by atoms with E-state index in [2.05, 4.69) is 0 Å². The maximum absolute atomic E-state index is 12.6. The van der Waals surface area contributed by atoms with Gasteiger partial charge < -0.3 is 14.2 Å². The number of hydrogen-bond acceptors (Lipinski definition) is 5. The molecule has 1 aromatic rings. The minimum atomic E-state index is -0.583. The average Bonchev–Trinajstić information content (AvgIpc) is 2.97. The third-order valence-corrected chi connectivity index (χ3v) is 3.97. The number of carbonyl (C=O) groups excluding carboxylic acids is 2. The maximum atomic E-state index is 12.6. The molecule has 0 spiro atoms. The van der Waals surface area contributed by atoms with Gasteiger partial charge in [0.2, 0.25) is 0 Å². The SMILES string of the molecule is CCOC(=O)C=C1C[C@@H](COCc2ccccc2)N(C(=O)OC(C)(C)C)C1. The van der Waals surface area contributed by atoms with Crippen molar-refractivity contribution in [2.45, 2.75) is 52.4 Å². The molecule has 1 fully saturated rings. The van der Waals surface area contributed by atoms with Crippen LogP contribution >= 0.6 is 0 Å². The lowest BCUT2D eigenvalue weighted by Gasteiger charge is -2.28. The van der Waals surface area contributed by atoms with Crippen LogP contribution in [0.1, 0.15) is 39.7 Å². The maximum Gasteiger partial charge on any atom is 0.410 e. The summed E-state index contributed by atoms with van der Waals surface area (Å²) < 4.78 is 16.3. The number of benzene rings is 1. The molecule has 0 aliphatic carbocycles. The fourth-order valence-corrected chi connectivity index (χ4v) is 2.85. The number of carbonyl (C=O) groups is 2. The van der Waals surface area contributed by atoms with E-state index in [9.17, 15) is 9.59 Å². The molecule has 6 nitrogen and oxygen atoms in total. The van der Waals surface area contributed by atoms with Gasteiger partial charge in [-0.15, -0.1) is 0 Å². The summed E-state index contributed by atoms with van der Waals surface area (Å²) in [6, 6.07) is 9.68. The van der Waals surface area contributed by atoms with Gasteiger partial charge in [-0.3, -0.25) is 4.90 Å². The second-order valence-electron chi connectivity index (χ2n) is 7.52. The van der Waals surface area contributed by atoms with Crippen LogP contribution < -0.4 is 0 Å². The Hall–Kier alpha value is -2.34. The lowest BCUT2D eigenvalue weighted by molar-refractivity contribution is -0.137. The van der Waals surface area contributed by atoms with E-state index in [0.717, 1.165) is 11.1 Å². The van der Waals surface area contributed by atoms with Gasteiger partial charge in [0, 0.05) is 12.6 Å². The summed E-state index contributed by atoms with van der Waals surface area (Å²) in [6.45, 7) is 8.75. The summed E-state index contributed by atoms with van der Waals surface area (Å²) in [4.78, 5) is 25.9. The van der Waals surface area contributed by atoms with Gasteiger partial charge in [-0.05, 0) is 45.3 Å². The highest BCUT2D eigenvalue weighted by molar-refractivity contribution is 5.83. The molecule has 0 bridgehead atoms. The van der Waals surface area contributed by atoms with Crippen molar-refractivity contribution in [2.24, 2.45) is 0 Å². The van der Waals surface area contributed by atoms with Crippen LogP contribution in [0.2, 0.25) is 0 Å². The molecule has 1 aliphatic heterocycles. The molecule has 0 radical (unpaired) electrons. The molecule has 0 unspecified atom stereocenters. The van der Waals surface area contributed by atoms with Crippen molar-refractivity contribution in [1.82, 2.24) is 4.90 Å². The molecule has 0 aromatic heterocycles. The Morgan fingerprint density at radius 3 is 2.56 bits per heavy atom. The van der Waals surface area contributed by atoms with Crippen molar-refractivity contribution < 1.29 is 23.8 Å². The Labute approximate surface area is 161 Å². The first-order chi connectivity index (χ1) is 12.8. The lowest BCUT2D eigenvalue weighted by atomic mass is 10.1. The zero-order chi connectivity index (χ0) is 19.9. The van der Waals surface area contributed by atoms with Crippen LogP contribution in [0.15, 0.2) is 42.0 Å². The predicted octanol–water partition coefficient (Wildman–Crippen LogP) is 3.70. The summed E-state index contributed by atoms with van der Waals surface area (Å²) in [6.07, 6.45) is 1.63. The van der Waals surface area contributed by atoms with Gasteiger partial charge in [0.15, 0.2) is 0 Å². The van der Waals surface area contributed by atoms with Gasteiger partial charge in [-0.25, -0.2) is 9.59 Å². The van der Waals surface area contributed by atoms with Crippen LogP contribution in [-0.4, -0.2) is 48.4 Å². The minimum Gasteiger partial charge on any atom is -0.463 e. The van der Waals surface area contributed by atoms with E-state index < -0.39 is 11.7 Å². The van der Waals surface area contributed by atoms with Crippen LogP contribution in [0, 0.1) is 0 Å². The van der Waals surface area contributed by atoms with E-state index in [1.54, 1.807) is 11.8 Å². The van der Waals surface area contributed by atoms with E-state index >= 15 is 0 Å². The Morgan fingerprint density at radius 2 is 1.93 bits per heavy atom. The van der Waals surface area contributed by atoms with Crippen molar-refractivity contribution >= 4 is 12.1 Å². The van der Waals surface area contributed by atoms with Crippen molar-refractivity contribution in [3.8, 4) is 0 Å². The summed E-state index contributed by atoms with van der Waals surface area (Å²) in [5.41, 5.74) is 1.33. The van der Waals surface area contributed by atoms with E-state index in [4.69, 9.17) is 14.2 Å². The van der Waals surface area contributed by atoms with Crippen molar-refractivity contribution in [3.63, 3.8) is 0 Å². The third kappa shape index (κ3) is 7.06. The van der Waals surface area contributed by atoms with Crippen molar-refractivity contribution in [2.75, 3.05) is 19.8 Å². The number of amides is 1. The fraction of sp³-hybridized carbons (Fsp3) is 0.524. The first-order valence-electron chi connectivity index (χ1n) is 9.26. The Bertz CT molecular complexity index is 663. The Morgan fingerprint density at radius 1 is 1.22 bits per heavy atom. The predicted molar refractivity (Wildman–Crippen MR) is 102 cm³/mol. The molecule has 1 heterocycles. The normalized spacial score (nSPS) is 18.6. The Balaban J connectivity index is 2.02. The standard InChI is InChI=1S/C21H29NO5/c1-5-26-19(23)12-17-11-18(15-25-14-16-9-7-6-8-10-16)22(13-17)20(24)27-21(2,3)4/h6-10,12,18H,5,11,13-15H2,1-4H3/t18-/m0/s1. The monoisotopic (exact) mass is 375 g/mol. The summed E-state index contributed by atoms with van der Waals surface area (Å²) in [5.74, 6) is -0.387. The van der Waals surface area contributed by atoms with E-state index in [1.807, 2.05) is 51.1 Å². The van der Waals surface area contributed by atoms with Crippen molar-refractivity contribution in [1.29, 1.82) is 0 Å². The zero-order valence-corrected chi connectivity index (χ0v) is 16.6. The van der Waals surface area contributed by atoms with Gasteiger partial charge in [0.1, 0.15) is 5.60 Å². The fourth-order valence-electron chi connectivity index (χ4n) is 2.85. The molecule has 27 heavy (non-hydrogen) atoms. The molecule has 1 amide bonds. The van der Waals surface area contributed by atoms with Crippen LogP contribution in [-0.2, 0) is 25.6 Å². The summed E-state index contributed by atoms with van der Waals surface area (Å²) in [5, 5.41) is 0. The van der Waals surface area contributed by atoms with Gasteiger partial charge in [0.05, 0.1) is 25.9 Å². The largest absolute Gasteiger partial charge is 0.463 e. The number of hydrogen-bond donors (Lipinski definition) is 0. The quantitative estimate of drug-likeness (QED) is 0.560. The van der Waals surface area contributed by atoms with Crippen LogP contribution in [0.4, 0.5) is 4.79 Å². The molecule has 148 valence electrons. The minimum absolute atomic E-state index is 0.177. The first kappa shape index (κ1) is 21.0. The molecule has 1 aromatic carbocycles. The average molecular weight is 375 g/mol. The van der Waals surface area contributed by atoms with E-state index in [0.29, 0.717) is 32.8 Å². The summed E-state index contributed by atoms with van der Waals surface area (Å²) in [7, 11) is 0. The number of esters is 1. The Kier molecular flexibility index (Phi) is 7.42. The van der Waals surface area contributed by atoms with Gasteiger partial charge >= 0.3 is 12.1 Å². The number of rotatable bonds is 6. The van der Waals surface area contributed by atoms with Gasteiger partial charge in [-0.1, -0.05) is 30.3 Å². The highest BCUT2D eigenvalue weighted by Gasteiger charge is 2.35. The van der Waals surface area contributed by atoms with Gasteiger partial charge in [-0.2, -0.15) is 0 Å². The highest BCUT2D eigenvalue weighted by Crippen LogP contribution is 2.25. The van der Waals surface area contributed by atoms with Crippen LogP contribution in [0.5, 0.6) is 0 Å². The smallest absolute Gasteiger partial charge is 0.410 e. The topological polar surface area (TPSA) is 65.1 Å². The molecule has 2 rings (SSSR count). The van der Waals surface area contributed by atoms with Gasteiger partial charge in [0.25, 0.3) is 0 Å². The van der Waals surface area contributed by atoms with Crippen LogP contribution in [0.25, 0.3) is 0 Å². The molecular formula is C21H29NO5. The van der Waals surface area contributed by atoms with Crippen molar-refractivity contribution in [3.05, 3.63) is 47.5 Å². The molecule has 0 N–H and O–H groups in total. The summed E-state index contributed by atoms with van der Waals surface area (Å²) >= 11 is 0. The molecular weight excluding hydrogens is 346 g/mol. The number of ether oxygens (including phenoxy) is 3. The number of likely N-dealkylation sites (tertiary alicyclic amines) is 1. The zero-order valence-electron chi connectivity index (χ0n) is 16.6. The van der Waals surface area contributed by atoms with Crippen LogP contribution in [0.3, 0.4) is 0 Å². The molecule has 1 aliphatic rings. The molecule has 6 heteroatoms. The second-order valence-corrected chi connectivity index (χ2v) is 7.52. The molecule has 1 saturated heterocycles. The first-order valence-corrected chi connectivity index (χ1v) is 9.26. The van der Waals surface area contributed by atoms with E-state index in [-0.39, 0.29) is 12.0 Å². The molecule has 0 saturated carbocycles. The molecule has 1 atom stereocenters. The lowest BCUT2D eigenvalue weighted by Crippen LogP contribution is -2.41. The highest BCUT2D eigenvalue weighted by atomic mass is 16.6. The van der Waals surface area contributed by atoms with E-state index in [1.165, 1.54) is 6.08 Å². The number of nitrogens with zero attached hydrogens (tertiary/aromatic N) is 1.